The number of anilines is 1. The number of nitrogens with zero attached hydrogens (tertiary/aromatic N) is 4. The molecule has 2 rings (SSSR count). The van der Waals surface area contributed by atoms with E-state index in [2.05, 4.69) is 10.3 Å². The van der Waals surface area contributed by atoms with E-state index >= 15 is 0 Å². The van der Waals surface area contributed by atoms with Crippen LogP contribution in [0.15, 0.2) is 6.33 Å². The summed E-state index contributed by atoms with van der Waals surface area (Å²) in [7, 11) is 0. The summed E-state index contributed by atoms with van der Waals surface area (Å²) in [6.45, 7) is 0.847. The summed E-state index contributed by atoms with van der Waals surface area (Å²) >= 11 is 0. The van der Waals surface area contributed by atoms with Crippen LogP contribution in [0, 0.1) is 5.21 Å². The predicted molar refractivity (Wildman–Crippen MR) is 67.5 cm³/mol. The highest BCUT2D eigenvalue weighted by Gasteiger charge is 2.31. The van der Waals surface area contributed by atoms with E-state index in [9.17, 15) is 19.9 Å². The number of aliphatic hydroxyl groups excluding tert-OH is 1. The number of aliphatic hydroxyl groups is 1. The van der Waals surface area contributed by atoms with E-state index in [-0.39, 0.29) is 42.2 Å². The van der Waals surface area contributed by atoms with Gasteiger partial charge in [-0.1, -0.05) is 0 Å². The van der Waals surface area contributed by atoms with Crippen molar-refractivity contribution < 1.29 is 14.7 Å². The van der Waals surface area contributed by atoms with E-state index in [1.54, 1.807) is 0 Å². The minimum Gasteiger partial charge on any atom is -0.771 e. The number of carbonyl (C=O) groups is 2. The molecule has 1 aliphatic heterocycles. The maximum absolute atomic E-state index is 11.7. The molecular formula is C10H15N6O4-. The molecule has 1 atom stereocenters. The Kier molecular flexibility index (Phi) is 4.11. The molecule has 1 unspecified atom stereocenters. The zero-order valence-electron chi connectivity index (χ0n) is 10.8. The lowest BCUT2D eigenvalue weighted by atomic mass is 10.3. The van der Waals surface area contributed by atoms with Crippen LogP contribution in [0.25, 0.3) is 0 Å². The minimum absolute atomic E-state index is 0.0943. The van der Waals surface area contributed by atoms with Crippen LogP contribution < -0.4 is 11.2 Å². The summed E-state index contributed by atoms with van der Waals surface area (Å²) in [6, 6.07) is 0. The second-order valence-electron chi connectivity index (χ2n) is 4.54. The number of imidazole rings is 1. The third-order valence-electron chi connectivity index (χ3n) is 2.79. The van der Waals surface area contributed by atoms with Crippen LogP contribution >= 0.6 is 0 Å². The number of carbonyl (C=O) groups excluding carboxylic acids is 2. The van der Waals surface area contributed by atoms with Crippen molar-refractivity contribution in [3.63, 3.8) is 0 Å². The number of amides is 1. The molecule has 1 aromatic rings. The maximum Gasteiger partial charge on any atom is 0.239 e. The normalized spacial score (nSPS) is 19.6. The molecule has 110 valence electrons. The second kappa shape index (κ2) is 5.64. The van der Waals surface area contributed by atoms with Crippen molar-refractivity contribution in [3.05, 3.63) is 17.2 Å². The van der Waals surface area contributed by atoms with Gasteiger partial charge in [0, 0.05) is 0 Å². The number of rotatable bonds is 4. The Morgan fingerprint density at radius 1 is 1.75 bits per heavy atom. The van der Waals surface area contributed by atoms with Gasteiger partial charge >= 0.3 is 0 Å². The largest absolute Gasteiger partial charge is 0.771 e. The number of Topliss-reactive ketones (excluding diaryl/α,β-unsaturated/α-hetero) is 1. The Balaban J connectivity index is 2.36. The lowest BCUT2D eigenvalue weighted by Gasteiger charge is -2.27. The zero-order valence-corrected chi connectivity index (χ0v) is 10.8. The smallest absolute Gasteiger partial charge is 0.239 e. The van der Waals surface area contributed by atoms with Gasteiger partial charge < -0.3 is 25.4 Å². The molecule has 0 aromatic carbocycles. The Morgan fingerprint density at radius 2 is 2.45 bits per heavy atom. The molecule has 0 bridgehead atoms. The average Bonchev–Trinajstić information content (AvgIpc) is 2.63. The molecule has 0 radical (unpaired) electrons. The molecule has 2 heterocycles. The van der Waals surface area contributed by atoms with Gasteiger partial charge in [-0.25, -0.2) is 4.98 Å². The SMILES string of the molecule is CC(=O)CN1CC(=O)Nc2ncn(CN(N)[O-])c2C1O. The number of hydroxylamine groups is 1. The predicted octanol–water partition coefficient (Wildman–Crippen LogP) is -1.65. The van der Waals surface area contributed by atoms with Crippen molar-refractivity contribution in [2.45, 2.75) is 19.8 Å². The summed E-state index contributed by atoms with van der Waals surface area (Å²) < 4.78 is 1.31. The molecule has 0 aliphatic carbocycles. The molecule has 10 nitrogen and oxygen atoms in total. The van der Waals surface area contributed by atoms with Crippen LogP contribution in [0.1, 0.15) is 18.8 Å². The van der Waals surface area contributed by atoms with Crippen LogP contribution in [0.3, 0.4) is 0 Å². The quantitative estimate of drug-likeness (QED) is 0.441. The standard InChI is InChI=1S/C10H15N6O4/c1-6(17)2-14-3-7(18)13-9-8(10(14)19)15(4-12-9)5-16(11)20/h4,10,19H,2-3,5,11H2,1H3,(H,13,18)/q-1. The first kappa shape index (κ1) is 14.6. The monoisotopic (exact) mass is 283 g/mol. The average molecular weight is 283 g/mol. The summed E-state index contributed by atoms with van der Waals surface area (Å²) in [4.78, 5) is 28.1. The topological polar surface area (TPSA) is 140 Å². The zero-order chi connectivity index (χ0) is 14.9. The van der Waals surface area contributed by atoms with E-state index in [1.807, 2.05) is 0 Å². The van der Waals surface area contributed by atoms with Crippen molar-refractivity contribution in [3.8, 4) is 0 Å². The molecule has 0 saturated carbocycles. The molecule has 1 aliphatic rings. The van der Waals surface area contributed by atoms with Gasteiger partial charge in [-0.3, -0.25) is 20.3 Å². The van der Waals surface area contributed by atoms with Crippen LogP contribution in [0.5, 0.6) is 0 Å². The van der Waals surface area contributed by atoms with Crippen molar-refractivity contribution in [1.82, 2.24) is 19.6 Å². The fraction of sp³-hybridized carbons (Fsp3) is 0.500. The highest BCUT2D eigenvalue weighted by atomic mass is 16.5. The molecule has 1 amide bonds. The fourth-order valence-corrected chi connectivity index (χ4v) is 2.07. The van der Waals surface area contributed by atoms with Crippen LogP contribution in [0.4, 0.5) is 5.82 Å². The van der Waals surface area contributed by atoms with Crippen molar-refractivity contribution in [2.75, 3.05) is 18.4 Å². The fourth-order valence-electron chi connectivity index (χ4n) is 2.07. The number of nitrogens with one attached hydrogen (secondary N) is 1. The maximum atomic E-state index is 11.7. The summed E-state index contributed by atoms with van der Waals surface area (Å²) in [5.74, 6) is 4.58. The van der Waals surface area contributed by atoms with Gasteiger partial charge in [-0.15, -0.1) is 0 Å². The van der Waals surface area contributed by atoms with Crippen molar-refractivity contribution in [1.29, 1.82) is 0 Å². The number of hydrogen-bond donors (Lipinski definition) is 3. The van der Waals surface area contributed by atoms with Gasteiger partial charge in [0.1, 0.15) is 11.5 Å². The highest BCUT2D eigenvalue weighted by molar-refractivity contribution is 5.93. The van der Waals surface area contributed by atoms with E-state index in [1.165, 1.54) is 22.7 Å². The summed E-state index contributed by atoms with van der Waals surface area (Å²) in [6.07, 6.45) is 0.0405. The third kappa shape index (κ3) is 3.00. The third-order valence-corrected chi connectivity index (χ3v) is 2.79. The Hall–Kier alpha value is -1.85. The number of nitrogens with two attached hydrogens (primary N) is 1. The Bertz CT molecular complexity index is 528. The van der Waals surface area contributed by atoms with Crippen LogP contribution in [0.2, 0.25) is 0 Å². The number of hydrazine groups is 1. The number of hydrogen-bond acceptors (Lipinski definition) is 8. The Labute approximate surface area is 114 Å². The van der Waals surface area contributed by atoms with E-state index in [0.717, 1.165) is 0 Å². The lowest BCUT2D eigenvalue weighted by Crippen LogP contribution is -2.37. The van der Waals surface area contributed by atoms with Gasteiger partial charge in [0.25, 0.3) is 0 Å². The molecule has 1 aromatic heterocycles. The first-order valence-corrected chi connectivity index (χ1v) is 5.84. The molecule has 0 saturated heterocycles. The summed E-state index contributed by atoms with van der Waals surface area (Å²) in [5, 5.41) is 23.9. The van der Waals surface area contributed by atoms with E-state index in [0.29, 0.717) is 0 Å². The minimum atomic E-state index is -1.24. The number of fused-ring (bicyclic) bond motifs is 1. The summed E-state index contributed by atoms with van der Waals surface area (Å²) in [5.41, 5.74) is 0.211. The second-order valence-corrected chi connectivity index (χ2v) is 4.54. The van der Waals surface area contributed by atoms with Gasteiger partial charge in [0.15, 0.2) is 12.0 Å². The van der Waals surface area contributed by atoms with Crippen LogP contribution in [-0.4, -0.2) is 49.5 Å². The lowest BCUT2D eigenvalue weighted by molar-refractivity contribution is -0.125. The molecular weight excluding hydrogens is 268 g/mol. The van der Waals surface area contributed by atoms with Crippen molar-refractivity contribution in [2.24, 2.45) is 5.84 Å². The molecule has 10 heteroatoms. The van der Waals surface area contributed by atoms with Crippen molar-refractivity contribution >= 4 is 17.5 Å². The molecule has 0 fully saturated rings. The number of ketones is 1. The first-order valence-electron chi connectivity index (χ1n) is 5.84. The van der Waals surface area contributed by atoms with Gasteiger partial charge in [0.2, 0.25) is 5.91 Å². The molecule has 4 N–H and O–H groups in total. The van der Waals surface area contributed by atoms with Gasteiger partial charge in [0.05, 0.1) is 26.1 Å². The van der Waals surface area contributed by atoms with Crippen LogP contribution in [-0.2, 0) is 16.3 Å². The van der Waals surface area contributed by atoms with Gasteiger partial charge in [-0.05, 0) is 6.92 Å². The van der Waals surface area contributed by atoms with E-state index < -0.39 is 12.1 Å². The van der Waals surface area contributed by atoms with Gasteiger partial charge in [-0.2, -0.15) is 0 Å². The Morgan fingerprint density at radius 3 is 3.05 bits per heavy atom. The molecule has 20 heavy (non-hydrogen) atoms. The van der Waals surface area contributed by atoms with E-state index in [4.69, 9.17) is 5.84 Å². The first-order chi connectivity index (χ1) is 9.38. The highest BCUT2D eigenvalue weighted by Crippen LogP contribution is 2.27. The molecule has 0 spiro atoms. The number of aromatic nitrogens is 2.